The van der Waals surface area contributed by atoms with Crippen LogP contribution < -0.4 is 24.8 Å². The van der Waals surface area contributed by atoms with E-state index in [2.05, 4.69) is 15.6 Å². The number of rotatable bonds is 8. The fourth-order valence-corrected chi connectivity index (χ4v) is 2.66. The van der Waals surface area contributed by atoms with Crippen LogP contribution in [0.25, 0.3) is 0 Å². The van der Waals surface area contributed by atoms with Gasteiger partial charge in [-0.2, -0.15) is 0 Å². The molecule has 0 bridgehead atoms. The number of anilines is 3. The van der Waals surface area contributed by atoms with E-state index in [1.165, 1.54) is 7.11 Å². The monoisotopic (exact) mass is 393 g/mol. The summed E-state index contributed by atoms with van der Waals surface area (Å²) in [5.41, 5.74) is 2.50. The molecule has 3 aromatic rings. The SMILES string of the molecule is CCOc1ccc(Nc2ccc(C(=O)Nc3ccc(OC)cc3OC)nc2)cc1. The average molecular weight is 393 g/mol. The van der Waals surface area contributed by atoms with Crippen molar-refractivity contribution >= 4 is 23.0 Å². The Labute approximate surface area is 169 Å². The maximum atomic E-state index is 12.5. The molecule has 0 unspecified atom stereocenters. The summed E-state index contributed by atoms with van der Waals surface area (Å²) in [7, 11) is 3.10. The number of amides is 1. The summed E-state index contributed by atoms with van der Waals surface area (Å²) in [5, 5.41) is 6.04. The minimum Gasteiger partial charge on any atom is -0.497 e. The molecule has 0 aliphatic carbocycles. The lowest BCUT2D eigenvalue weighted by Crippen LogP contribution is -2.14. The van der Waals surface area contributed by atoms with E-state index >= 15 is 0 Å². The second-order valence-corrected chi connectivity index (χ2v) is 6.03. The number of methoxy groups -OCH3 is 2. The Bertz CT molecular complexity index is 957. The van der Waals surface area contributed by atoms with Crippen molar-refractivity contribution in [3.8, 4) is 17.2 Å². The molecule has 1 amide bonds. The predicted molar refractivity (Wildman–Crippen MR) is 113 cm³/mol. The van der Waals surface area contributed by atoms with E-state index in [0.29, 0.717) is 29.5 Å². The number of hydrogen-bond acceptors (Lipinski definition) is 6. The molecule has 150 valence electrons. The Morgan fingerprint density at radius 3 is 2.28 bits per heavy atom. The molecule has 2 aromatic carbocycles. The first kappa shape index (κ1) is 20.0. The molecule has 1 heterocycles. The maximum Gasteiger partial charge on any atom is 0.274 e. The van der Waals surface area contributed by atoms with E-state index in [1.54, 1.807) is 43.6 Å². The molecule has 0 atom stereocenters. The third kappa shape index (κ3) is 5.16. The van der Waals surface area contributed by atoms with Crippen LogP contribution >= 0.6 is 0 Å². The Morgan fingerprint density at radius 1 is 0.931 bits per heavy atom. The van der Waals surface area contributed by atoms with Crippen LogP contribution in [0.4, 0.5) is 17.1 Å². The van der Waals surface area contributed by atoms with Gasteiger partial charge in [0.05, 0.1) is 38.4 Å². The number of hydrogen-bond donors (Lipinski definition) is 2. The highest BCUT2D eigenvalue weighted by molar-refractivity contribution is 6.03. The van der Waals surface area contributed by atoms with Gasteiger partial charge in [-0.1, -0.05) is 0 Å². The number of pyridine rings is 1. The minimum atomic E-state index is -0.332. The topological polar surface area (TPSA) is 81.7 Å². The van der Waals surface area contributed by atoms with Gasteiger partial charge in [-0.05, 0) is 55.5 Å². The molecule has 3 rings (SSSR count). The smallest absolute Gasteiger partial charge is 0.274 e. The Kier molecular flexibility index (Phi) is 6.52. The van der Waals surface area contributed by atoms with Gasteiger partial charge in [-0.15, -0.1) is 0 Å². The first-order valence-electron chi connectivity index (χ1n) is 9.12. The lowest BCUT2D eigenvalue weighted by atomic mass is 10.2. The normalized spacial score (nSPS) is 10.2. The molecule has 0 saturated carbocycles. The number of nitrogens with zero attached hydrogens (tertiary/aromatic N) is 1. The van der Waals surface area contributed by atoms with Gasteiger partial charge in [-0.3, -0.25) is 4.79 Å². The van der Waals surface area contributed by atoms with Crippen LogP contribution in [0.1, 0.15) is 17.4 Å². The fraction of sp³-hybridized carbons (Fsp3) is 0.182. The van der Waals surface area contributed by atoms with Gasteiger partial charge in [-0.25, -0.2) is 4.98 Å². The zero-order valence-electron chi connectivity index (χ0n) is 16.6. The number of carbonyl (C=O) groups is 1. The van der Waals surface area contributed by atoms with E-state index in [0.717, 1.165) is 17.1 Å². The van der Waals surface area contributed by atoms with Gasteiger partial charge in [0.1, 0.15) is 22.9 Å². The highest BCUT2D eigenvalue weighted by atomic mass is 16.5. The zero-order chi connectivity index (χ0) is 20.6. The molecule has 1 aromatic heterocycles. The molecule has 0 aliphatic heterocycles. The van der Waals surface area contributed by atoms with Crippen LogP contribution in [-0.4, -0.2) is 31.7 Å². The second kappa shape index (κ2) is 9.45. The first-order valence-corrected chi connectivity index (χ1v) is 9.12. The zero-order valence-corrected chi connectivity index (χ0v) is 16.6. The van der Waals surface area contributed by atoms with E-state index in [4.69, 9.17) is 14.2 Å². The number of ether oxygens (including phenoxy) is 3. The lowest BCUT2D eigenvalue weighted by molar-refractivity contribution is 0.102. The fourth-order valence-electron chi connectivity index (χ4n) is 2.66. The van der Waals surface area contributed by atoms with Crippen LogP contribution in [0, 0.1) is 0 Å². The third-order valence-electron chi connectivity index (χ3n) is 4.11. The number of carbonyl (C=O) groups excluding carboxylic acids is 1. The summed E-state index contributed by atoms with van der Waals surface area (Å²) in [6.45, 7) is 2.57. The van der Waals surface area contributed by atoms with E-state index < -0.39 is 0 Å². The molecule has 0 radical (unpaired) electrons. The Hall–Kier alpha value is -3.74. The molecular formula is C22H23N3O4. The number of aromatic nitrogens is 1. The highest BCUT2D eigenvalue weighted by Crippen LogP contribution is 2.29. The molecule has 0 saturated heterocycles. The van der Waals surface area contributed by atoms with Gasteiger partial charge >= 0.3 is 0 Å². The third-order valence-corrected chi connectivity index (χ3v) is 4.11. The van der Waals surface area contributed by atoms with Crippen molar-refractivity contribution in [3.05, 3.63) is 66.5 Å². The van der Waals surface area contributed by atoms with Gasteiger partial charge in [0.25, 0.3) is 5.91 Å². The van der Waals surface area contributed by atoms with Crippen LogP contribution in [0.2, 0.25) is 0 Å². The van der Waals surface area contributed by atoms with Crippen LogP contribution in [0.3, 0.4) is 0 Å². The molecule has 0 aliphatic rings. The summed E-state index contributed by atoms with van der Waals surface area (Å²) < 4.78 is 15.9. The number of benzene rings is 2. The van der Waals surface area contributed by atoms with E-state index in [9.17, 15) is 4.79 Å². The summed E-state index contributed by atoms with van der Waals surface area (Å²) in [6, 6.07) is 16.2. The summed E-state index contributed by atoms with van der Waals surface area (Å²) in [6.07, 6.45) is 1.61. The molecular weight excluding hydrogens is 370 g/mol. The van der Waals surface area contributed by atoms with Crippen molar-refractivity contribution in [1.29, 1.82) is 0 Å². The predicted octanol–water partition coefficient (Wildman–Crippen LogP) is 4.49. The average Bonchev–Trinajstić information content (AvgIpc) is 2.76. The van der Waals surface area contributed by atoms with E-state index in [-0.39, 0.29) is 5.91 Å². The molecule has 0 fully saturated rings. The standard InChI is InChI=1S/C22H23N3O4/c1-4-29-17-8-5-15(6-9-17)24-16-7-11-20(23-14-16)22(26)25-19-12-10-18(27-2)13-21(19)28-3/h5-14,24H,4H2,1-3H3,(H,25,26). The highest BCUT2D eigenvalue weighted by Gasteiger charge is 2.12. The second-order valence-electron chi connectivity index (χ2n) is 6.03. The largest absolute Gasteiger partial charge is 0.497 e. The summed E-state index contributed by atoms with van der Waals surface area (Å²) in [5.74, 6) is 1.63. The molecule has 2 N–H and O–H groups in total. The lowest BCUT2D eigenvalue weighted by Gasteiger charge is -2.12. The van der Waals surface area contributed by atoms with Crippen molar-refractivity contribution in [2.24, 2.45) is 0 Å². The molecule has 7 heteroatoms. The number of nitrogens with one attached hydrogen (secondary N) is 2. The van der Waals surface area contributed by atoms with Crippen molar-refractivity contribution < 1.29 is 19.0 Å². The van der Waals surface area contributed by atoms with Crippen LogP contribution in [-0.2, 0) is 0 Å². The van der Waals surface area contributed by atoms with Crippen molar-refractivity contribution in [3.63, 3.8) is 0 Å². The maximum absolute atomic E-state index is 12.5. The van der Waals surface area contributed by atoms with Crippen molar-refractivity contribution in [2.75, 3.05) is 31.5 Å². The quantitative estimate of drug-likeness (QED) is 0.587. The summed E-state index contributed by atoms with van der Waals surface area (Å²) in [4.78, 5) is 16.8. The molecule has 0 spiro atoms. The van der Waals surface area contributed by atoms with Gasteiger partial charge in [0, 0.05) is 11.8 Å². The minimum absolute atomic E-state index is 0.292. The van der Waals surface area contributed by atoms with Crippen molar-refractivity contribution in [1.82, 2.24) is 4.98 Å². The van der Waals surface area contributed by atoms with Gasteiger partial charge in [0.2, 0.25) is 0 Å². The Balaban J connectivity index is 1.65. The van der Waals surface area contributed by atoms with Crippen molar-refractivity contribution in [2.45, 2.75) is 6.92 Å². The van der Waals surface area contributed by atoms with Crippen LogP contribution in [0.15, 0.2) is 60.8 Å². The van der Waals surface area contributed by atoms with E-state index in [1.807, 2.05) is 31.2 Å². The summed E-state index contributed by atoms with van der Waals surface area (Å²) >= 11 is 0. The molecule has 7 nitrogen and oxygen atoms in total. The van der Waals surface area contributed by atoms with Gasteiger partial charge in [0.15, 0.2) is 0 Å². The molecule has 29 heavy (non-hydrogen) atoms. The van der Waals surface area contributed by atoms with Gasteiger partial charge < -0.3 is 24.8 Å². The van der Waals surface area contributed by atoms with Crippen LogP contribution in [0.5, 0.6) is 17.2 Å². The first-order chi connectivity index (χ1) is 14.1. The Morgan fingerprint density at radius 2 is 1.66 bits per heavy atom.